The highest BCUT2D eigenvalue weighted by molar-refractivity contribution is 7.93. The Kier molecular flexibility index (Phi) is 5.33. The molecule has 1 aliphatic rings. The van der Waals surface area contributed by atoms with E-state index in [1.807, 2.05) is 24.4 Å². The van der Waals surface area contributed by atoms with E-state index < -0.39 is 16.0 Å². The standard InChI is InChI=1S/C20H17ClN2O4S2/c1-13-22-16(12-28-13)11-27-20(24)15-6-7-17(21)19(10-15)29(25,26)23-9-8-14-4-2-3-5-18(14)23/h2-7,10,12H,8-9,11H2,1H3. The zero-order valence-corrected chi connectivity index (χ0v) is 17.9. The lowest BCUT2D eigenvalue weighted by Gasteiger charge is -2.20. The molecule has 9 heteroatoms. The van der Waals surface area contributed by atoms with Gasteiger partial charge in [0.25, 0.3) is 10.0 Å². The van der Waals surface area contributed by atoms with Crippen molar-refractivity contribution in [3.8, 4) is 0 Å². The first-order valence-electron chi connectivity index (χ1n) is 8.84. The van der Waals surface area contributed by atoms with E-state index in [4.69, 9.17) is 16.3 Å². The number of fused-ring (bicyclic) bond motifs is 1. The van der Waals surface area contributed by atoms with Gasteiger partial charge in [-0.15, -0.1) is 11.3 Å². The zero-order chi connectivity index (χ0) is 20.6. The summed E-state index contributed by atoms with van der Waals surface area (Å²) >= 11 is 7.66. The van der Waals surface area contributed by atoms with Crippen molar-refractivity contribution in [2.24, 2.45) is 0 Å². The molecule has 3 aromatic rings. The molecule has 1 aliphatic heterocycles. The molecule has 0 spiro atoms. The number of nitrogens with zero attached hydrogens (tertiary/aromatic N) is 2. The van der Waals surface area contributed by atoms with Crippen molar-refractivity contribution >= 4 is 44.6 Å². The highest BCUT2D eigenvalue weighted by Gasteiger charge is 2.32. The number of ether oxygens (including phenoxy) is 1. The van der Waals surface area contributed by atoms with Crippen LogP contribution in [0, 0.1) is 6.92 Å². The van der Waals surface area contributed by atoms with Gasteiger partial charge in [-0.1, -0.05) is 29.8 Å². The number of carbonyl (C=O) groups is 1. The maximum Gasteiger partial charge on any atom is 0.338 e. The molecule has 0 atom stereocenters. The Bertz CT molecular complexity index is 1190. The van der Waals surface area contributed by atoms with E-state index in [0.717, 1.165) is 10.6 Å². The van der Waals surface area contributed by atoms with Crippen LogP contribution in [0.4, 0.5) is 5.69 Å². The summed E-state index contributed by atoms with van der Waals surface area (Å²) in [4.78, 5) is 16.6. The second kappa shape index (κ2) is 7.78. The molecule has 6 nitrogen and oxygen atoms in total. The van der Waals surface area contributed by atoms with Crippen LogP contribution in [0.5, 0.6) is 0 Å². The fourth-order valence-corrected chi connectivity index (χ4v) is 5.81. The summed E-state index contributed by atoms with van der Waals surface area (Å²) < 4.78 is 33.1. The minimum absolute atomic E-state index is 0.0212. The first-order chi connectivity index (χ1) is 13.9. The normalized spacial score (nSPS) is 13.4. The molecule has 0 saturated carbocycles. The summed E-state index contributed by atoms with van der Waals surface area (Å²) in [5.41, 5.74) is 2.36. The third kappa shape index (κ3) is 3.88. The van der Waals surface area contributed by atoms with Crippen LogP contribution < -0.4 is 4.31 Å². The number of anilines is 1. The molecule has 0 radical (unpaired) electrons. The Morgan fingerprint density at radius 1 is 1.28 bits per heavy atom. The predicted molar refractivity (Wildman–Crippen MR) is 112 cm³/mol. The Morgan fingerprint density at radius 3 is 2.83 bits per heavy atom. The van der Waals surface area contributed by atoms with Crippen LogP contribution in [0.1, 0.15) is 26.6 Å². The molecule has 0 saturated heterocycles. The van der Waals surface area contributed by atoms with Gasteiger partial charge in [0.2, 0.25) is 0 Å². The largest absolute Gasteiger partial charge is 0.456 e. The van der Waals surface area contributed by atoms with E-state index in [0.29, 0.717) is 24.3 Å². The van der Waals surface area contributed by atoms with Gasteiger partial charge in [0.15, 0.2) is 0 Å². The fourth-order valence-electron chi connectivity index (χ4n) is 3.20. The van der Waals surface area contributed by atoms with Crippen molar-refractivity contribution in [3.05, 3.63) is 74.7 Å². The molecule has 150 valence electrons. The Labute approximate surface area is 177 Å². The van der Waals surface area contributed by atoms with Gasteiger partial charge >= 0.3 is 5.97 Å². The Hall–Kier alpha value is -2.42. The highest BCUT2D eigenvalue weighted by atomic mass is 35.5. The maximum absolute atomic E-state index is 13.3. The zero-order valence-electron chi connectivity index (χ0n) is 15.5. The minimum atomic E-state index is -3.92. The number of esters is 1. The number of aromatic nitrogens is 1. The summed E-state index contributed by atoms with van der Waals surface area (Å²) in [6.07, 6.45) is 0.627. The van der Waals surface area contributed by atoms with Gasteiger partial charge in [0.1, 0.15) is 11.5 Å². The highest BCUT2D eigenvalue weighted by Crippen LogP contribution is 2.35. The summed E-state index contributed by atoms with van der Waals surface area (Å²) in [5.74, 6) is -0.634. The number of carbonyl (C=O) groups excluding carboxylic acids is 1. The third-order valence-corrected chi connectivity index (χ3v) is 7.71. The molecule has 0 amide bonds. The number of aryl methyl sites for hydroxylation is 1. The lowest BCUT2D eigenvalue weighted by Crippen LogP contribution is -2.29. The van der Waals surface area contributed by atoms with E-state index in [9.17, 15) is 13.2 Å². The molecular weight excluding hydrogens is 432 g/mol. The number of hydrogen-bond acceptors (Lipinski definition) is 6. The van der Waals surface area contributed by atoms with E-state index >= 15 is 0 Å². The number of benzene rings is 2. The smallest absolute Gasteiger partial charge is 0.338 e. The second-order valence-corrected chi connectivity index (χ2v) is 9.84. The number of hydrogen-bond donors (Lipinski definition) is 0. The van der Waals surface area contributed by atoms with E-state index in [1.54, 1.807) is 12.1 Å². The van der Waals surface area contributed by atoms with Gasteiger partial charge in [-0.25, -0.2) is 18.2 Å². The van der Waals surface area contributed by atoms with Crippen molar-refractivity contribution in [3.63, 3.8) is 0 Å². The summed E-state index contributed by atoms with van der Waals surface area (Å²) in [7, 11) is -3.92. The van der Waals surface area contributed by atoms with Crippen LogP contribution in [0.15, 0.2) is 52.7 Å². The number of sulfonamides is 1. The van der Waals surface area contributed by atoms with Crippen molar-refractivity contribution in [2.45, 2.75) is 24.8 Å². The van der Waals surface area contributed by atoms with Crippen LogP contribution in [0.3, 0.4) is 0 Å². The molecule has 4 rings (SSSR count). The van der Waals surface area contributed by atoms with Crippen LogP contribution in [-0.2, 0) is 27.8 Å². The average Bonchev–Trinajstić information content (AvgIpc) is 3.32. The lowest BCUT2D eigenvalue weighted by atomic mass is 10.2. The monoisotopic (exact) mass is 448 g/mol. The number of thiazole rings is 1. The van der Waals surface area contributed by atoms with Crippen molar-refractivity contribution in [1.82, 2.24) is 4.98 Å². The molecule has 0 bridgehead atoms. The number of halogens is 1. The SMILES string of the molecule is Cc1nc(COC(=O)c2ccc(Cl)c(S(=O)(=O)N3CCc4ccccc43)c2)cs1. The van der Waals surface area contributed by atoms with Gasteiger partial charge in [-0.3, -0.25) is 4.31 Å². The van der Waals surface area contributed by atoms with E-state index in [1.165, 1.54) is 33.8 Å². The molecule has 29 heavy (non-hydrogen) atoms. The third-order valence-electron chi connectivity index (χ3n) is 4.60. The van der Waals surface area contributed by atoms with Crippen molar-refractivity contribution < 1.29 is 17.9 Å². The van der Waals surface area contributed by atoms with Gasteiger partial charge in [-0.2, -0.15) is 0 Å². The minimum Gasteiger partial charge on any atom is -0.456 e. The van der Waals surface area contributed by atoms with E-state index in [2.05, 4.69) is 4.98 Å². The van der Waals surface area contributed by atoms with Crippen LogP contribution in [0.2, 0.25) is 5.02 Å². The molecule has 2 aromatic carbocycles. The fraction of sp³-hybridized carbons (Fsp3) is 0.200. The second-order valence-electron chi connectivity index (χ2n) is 6.54. The quantitative estimate of drug-likeness (QED) is 0.546. The average molecular weight is 449 g/mol. The van der Waals surface area contributed by atoms with Gasteiger partial charge < -0.3 is 4.74 Å². The Balaban J connectivity index is 1.60. The first-order valence-corrected chi connectivity index (χ1v) is 11.5. The number of rotatable bonds is 5. The molecule has 0 unspecified atom stereocenters. The van der Waals surface area contributed by atoms with Crippen LogP contribution in [0.25, 0.3) is 0 Å². The Morgan fingerprint density at radius 2 is 2.07 bits per heavy atom. The van der Waals surface area contributed by atoms with Gasteiger partial charge in [-0.05, 0) is 43.2 Å². The van der Waals surface area contributed by atoms with Crippen LogP contribution >= 0.6 is 22.9 Å². The van der Waals surface area contributed by atoms with Crippen LogP contribution in [-0.4, -0.2) is 25.9 Å². The molecule has 0 aliphatic carbocycles. The number of para-hydroxylation sites is 1. The van der Waals surface area contributed by atoms with Crippen molar-refractivity contribution in [1.29, 1.82) is 0 Å². The molecule has 0 fully saturated rings. The molecular formula is C20H17ClN2O4S2. The van der Waals surface area contributed by atoms with Gasteiger partial charge in [0, 0.05) is 11.9 Å². The topological polar surface area (TPSA) is 76.6 Å². The summed E-state index contributed by atoms with van der Waals surface area (Å²) in [5, 5.41) is 2.74. The first kappa shape index (κ1) is 19.9. The van der Waals surface area contributed by atoms with Crippen molar-refractivity contribution in [2.75, 3.05) is 10.8 Å². The maximum atomic E-state index is 13.3. The van der Waals surface area contributed by atoms with E-state index in [-0.39, 0.29) is 22.1 Å². The lowest BCUT2D eigenvalue weighted by molar-refractivity contribution is 0.0468. The summed E-state index contributed by atoms with van der Waals surface area (Å²) in [6, 6.07) is 11.5. The summed E-state index contributed by atoms with van der Waals surface area (Å²) in [6.45, 7) is 2.21. The van der Waals surface area contributed by atoms with Gasteiger partial charge in [0.05, 0.1) is 27.0 Å². The predicted octanol–water partition coefficient (Wildman–Crippen LogP) is 4.21. The molecule has 1 aromatic heterocycles. The molecule has 2 heterocycles. The molecule has 0 N–H and O–H groups in total.